The Morgan fingerprint density at radius 2 is 2.04 bits per heavy atom. The maximum atomic E-state index is 12.5. The van der Waals surface area contributed by atoms with E-state index in [0.29, 0.717) is 45.8 Å². The molecular weight excluding hydrogens is 296 g/mol. The van der Waals surface area contributed by atoms with E-state index < -0.39 is 0 Å². The van der Waals surface area contributed by atoms with Crippen molar-refractivity contribution in [1.29, 1.82) is 0 Å². The van der Waals surface area contributed by atoms with Crippen LogP contribution in [0.15, 0.2) is 12.3 Å². The number of carbonyl (C=O) groups excluding carboxylic acids is 2. The van der Waals surface area contributed by atoms with Crippen molar-refractivity contribution in [2.24, 2.45) is 5.92 Å². The van der Waals surface area contributed by atoms with Crippen molar-refractivity contribution in [3.05, 3.63) is 18.0 Å². The molecule has 3 heterocycles. The number of nitrogens with zero attached hydrogens (tertiary/aromatic N) is 4. The molecule has 1 aromatic heterocycles. The minimum absolute atomic E-state index is 0.0416. The van der Waals surface area contributed by atoms with Gasteiger partial charge in [0.25, 0.3) is 0 Å². The summed E-state index contributed by atoms with van der Waals surface area (Å²) in [6, 6.07) is 1.83. The van der Waals surface area contributed by atoms with Crippen LogP contribution < -0.4 is 0 Å². The molecule has 0 aliphatic carbocycles. The molecule has 0 aromatic carbocycles. The second-order valence-corrected chi connectivity index (χ2v) is 6.49. The standard InChI is InChI=1S/C16H24N4O3/c1-12(2)16(22)19-10-13-3-4-17-20(13)14(11-19)9-15(21)18-5-7-23-8-6-18/h3-4,12,14H,5-11H2,1-2H3. The molecule has 2 aliphatic rings. The highest BCUT2D eigenvalue weighted by atomic mass is 16.5. The fraction of sp³-hybridized carbons (Fsp3) is 0.688. The Hall–Kier alpha value is -1.89. The van der Waals surface area contributed by atoms with Crippen LogP contribution in [-0.4, -0.2) is 64.2 Å². The number of rotatable bonds is 3. The minimum atomic E-state index is -0.0909. The van der Waals surface area contributed by atoms with Crippen LogP contribution in [-0.2, 0) is 20.9 Å². The van der Waals surface area contributed by atoms with E-state index in [2.05, 4.69) is 5.10 Å². The average Bonchev–Trinajstić information content (AvgIpc) is 3.03. The van der Waals surface area contributed by atoms with Crippen LogP contribution in [0.25, 0.3) is 0 Å². The zero-order valence-electron chi connectivity index (χ0n) is 13.8. The van der Waals surface area contributed by atoms with Gasteiger partial charge in [0.1, 0.15) is 0 Å². The normalized spacial score (nSPS) is 21.4. The predicted molar refractivity (Wildman–Crippen MR) is 83.5 cm³/mol. The molecule has 0 saturated carbocycles. The zero-order valence-corrected chi connectivity index (χ0v) is 13.8. The molecule has 1 fully saturated rings. The molecular formula is C16H24N4O3. The Balaban J connectivity index is 1.72. The molecule has 0 spiro atoms. The smallest absolute Gasteiger partial charge is 0.225 e. The number of hydrogen-bond acceptors (Lipinski definition) is 4. The first-order valence-corrected chi connectivity index (χ1v) is 8.23. The number of aromatic nitrogens is 2. The van der Waals surface area contributed by atoms with E-state index in [-0.39, 0.29) is 23.8 Å². The van der Waals surface area contributed by atoms with E-state index >= 15 is 0 Å². The van der Waals surface area contributed by atoms with Crippen LogP contribution in [0.4, 0.5) is 0 Å². The van der Waals surface area contributed by atoms with Gasteiger partial charge in [0.15, 0.2) is 0 Å². The molecule has 1 aromatic rings. The quantitative estimate of drug-likeness (QED) is 0.821. The van der Waals surface area contributed by atoms with Crippen LogP contribution in [0.3, 0.4) is 0 Å². The molecule has 1 saturated heterocycles. The predicted octanol–water partition coefficient (Wildman–Crippen LogP) is 0.671. The fourth-order valence-corrected chi connectivity index (χ4v) is 3.21. The largest absolute Gasteiger partial charge is 0.378 e. The van der Waals surface area contributed by atoms with E-state index in [4.69, 9.17) is 4.74 Å². The van der Waals surface area contributed by atoms with Crippen molar-refractivity contribution >= 4 is 11.8 Å². The number of hydrogen-bond donors (Lipinski definition) is 0. The molecule has 0 bridgehead atoms. The molecule has 2 amide bonds. The topological polar surface area (TPSA) is 67.7 Å². The van der Waals surface area contributed by atoms with Gasteiger partial charge in [-0.3, -0.25) is 14.3 Å². The molecule has 2 aliphatic heterocycles. The number of ether oxygens (including phenoxy) is 1. The average molecular weight is 320 g/mol. The first-order chi connectivity index (χ1) is 11.1. The third-order valence-electron chi connectivity index (χ3n) is 4.46. The Morgan fingerprint density at radius 3 is 2.74 bits per heavy atom. The van der Waals surface area contributed by atoms with Crippen molar-refractivity contribution in [2.45, 2.75) is 32.9 Å². The lowest BCUT2D eigenvalue weighted by molar-refractivity contribution is -0.140. The summed E-state index contributed by atoms with van der Waals surface area (Å²) in [7, 11) is 0. The number of morpholine rings is 1. The van der Waals surface area contributed by atoms with E-state index in [1.807, 2.05) is 34.4 Å². The molecule has 1 unspecified atom stereocenters. The third kappa shape index (κ3) is 3.39. The summed E-state index contributed by atoms with van der Waals surface area (Å²) in [5, 5.41) is 4.36. The number of carbonyl (C=O) groups is 2. The lowest BCUT2D eigenvalue weighted by Gasteiger charge is -2.36. The summed E-state index contributed by atoms with van der Waals surface area (Å²) in [6.07, 6.45) is 2.11. The molecule has 0 N–H and O–H groups in total. The number of amides is 2. The van der Waals surface area contributed by atoms with Gasteiger partial charge in [-0.1, -0.05) is 13.8 Å². The van der Waals surface area contributed by atoms with Crippen molar-refractivity contribution < 1.29 is 14.3 Å². The molecule has 1 atom stereocenters. The summed E-state index contributed by atoms with van der Waals surface area (Å²) in [6.45, 7) is 7.41. The highest BCUT2D eigenvalue weighted by Gasteiger charge is 2.32. The van der Waals surface area contributed by atoms with Gasteiger partial charge in [-0.2, -0.15) is 5.10 Å². The van der Waals surface area contributed by atoms with Gasteiger partial charge >= 0.3 is 0 Å². The highest BCUT2D eigenvalue weighted by Crippen LogP contribution is 2.25. The van der Waals surface area contributed by atoms with Gasteiger partial charge in [-0.25, -0.2) is 0 Å². The Bertz CT molecular complexity index is 578. The lowest BCUT2D eigenvalue weighted by atomic mass is 10.1. The second kappa shape index (κ2) is 6.70. The van der Waals surface area contributed by atoms with Crippen LogP contribution in [0.5, 0.6) is 0 Å². The molecule has 3 rings (SSSR count). The molecule has 23 heavy (non-hydrogen) atoms. The number of fused-ring (bicyclic) bond motifs is 1. The van der Waals surface area contributed by atoms with Gasteiger partial charge in [0.05, 0.1) is 37.9 Å². The van der Waals surface area contributed by atoms with Crippen molar-refractivity contribution in [3.63, 3.8) is 0 Å². The summed E-state index contributed by atoms with van der Waals surface area (Å²) >= 11 is 0. The molecule has 7 heteroatoms. The van der Waals surface area contributed by atoms with E-state index in [9.17, 15) is 9.59 Å². The van der Waals surface area contributed by atoms with Gasteiger partial charge < -0.3 is 14.5 Å². The molecule has 0 radical (unpaired) electrons. The Morgan fingerprint density at radius 1 is 1.30 bits per heavy atom. The van der Waals surface area contributed by atoms with Gasteiger partial charge in [-0.05, 0) is 6.07 Å². The van der Waals surface area contributed by atoms with Crippen LogP contribution >= 0.6 is 0 Å². The maximum absolute atomic E-state index is 12.5. The minimum Gasteiger partial charge on any atom is -0.378 e. The second-order valence-electron chi connectivity index (χ2n) is 6.49. The zero-order chi connectivity index (χ0) is 16.4. The SMILES string of the molecule is CC(C)C(=O)N1Cc2ccnn2C(CC(=O)N2CCOCC2)C1. The summed E-state index contributed by atoms with van der Waals surface area (Å²) in [5.74, 6) is 0.194. The van der Waals surface area contributed by atoms with Crippen molar-refractivity contribution in [3.8, 4) is 0 Å². The lowest BCUT2D eigenvalue weighted by Crippen LogP contribution is -2.46. The van der Waals surface area contributed by atoms with Gasteiger partial charge in [-0.15, -0.1) is 0 Å². The summed E-state index contributed by atoms with van der Waals surface area (Å²) < 4.78 is 7.20. The van der Waals surface area contributed by atoms with Crippen molar-refractivity contribution in [2.75, 3.05) is 32.8 Å². The van der Waals surface area contributed by atoms with E-state index in [1.165, 1.54) is 0 Å². The van der Waals surface area contributed by atoms with Crippen LogP contribution in [0, 0.1) is 5.92 Å². The fourth-order valence-electron chi connectivity index (χ4n) is 3.21. The Labute approximate surface area is 136 Å². The third-order valence-corrected chi connectivity index (χ3v) is 4.46. The maximum Gasteiger partial charge on any atom is 0.225 e. The molecule has 7 nitrogen and oxygen atoms in total. The van der Waals surface area contributed by atoms with Gasteiger partial charge in [0.2, 0.25) is 11.8 Å². The first kappa shape index (κ1) is 16.0. The summed E-state index contributed by atoms with van der Waals surface area (Å²) in [4.78, 5) is 28.6. The van der Waals surface area contributed by atoms with Crippen molar-refractivity contribution in [1.82, 2.24) is 19.6 Å². The van der Waals surface area contributed by atoms with Crippen LogP contribution in [0.2, 0.25) is 0 Å². The first-order valence-electron chi connectivity index (χ1n) is 8.23. The van der Waals surface area contributed by atoms with E-state index in [1.54, 1.807) is 6.20 Å². The highest BCUT2D eigenvalue weighted by molar-refractivity contribution is 5.79. The summed E-state index contributed by atoms with van der Waals surface area (Å²) in [5.41, 5.74) is 0.991. The molecule has 126 valence electrons. The Kier molecular flexibility index (Phi) is 4.66. The monoisotopic (exact) mass is 320 g/mol. The van der Waals surface area contributed by atoms with Gasteiger partial charge in [0, 0.05) is 31.7 Å². The van der Waals surface area contributed by atoms with E-state index in [0.717, 1.165) is 5.69 Å². The van der Waals surface area contributed by atoms with Crippen LogP contribution in [0.1, 0.15) is 32.0 Å².